The van der Waals surface area contributed by atoms with Crippen molar-refractivity contribution in [3.63, 3.8) is 0 Å². The van der Waals surface area contributed by atoms with E-state index in [-0.39, 0.29) is 5.88 Å². The van der Waals surface area contributed by atoms with E-state index in [0.29, 0.717) is 22.3 Å². The molecule has 2 aromatic carbocycles. The normalized spacial score (nSPS) is 10.3. The molecule has 0 aliphatic heterocycles. The molecule has 0 saturated carbocycles. The minimum absolute atomic E-state index is 0.149. The predicted octanol–water partition coefficient (Wildman–Crippen LogP) is 4.52. The highest BCUT2D eigenvalue weighted by Gasteiger charge is 2.13. The summed E-state index contributed by atoms with van der Waals surface area (Å²) in [4.78, 5) is 12.2. The number of carbonyl (C=O) groups is 1. The number of hydrogen-bond acceptors (Lipinski definition) is 5. The molecule has 0 N–H and O–H groups in total. The molecule has 0 aliphatic rings. The Balaban J connectivity index is 1.72. The van der Waals surface area contributed by atoms with Crippen molar-refractivity contribution in [1.29, 1.82) is 0 Å². The van der Waals surface area contributed by atoms with Gasteiger partial charge in [-0.15, -0.1) is 10.2 Å². The lowest BCUT2D eigenvalue weighted by atomic mass is 10.1. The van der Waals surface area contributed by atoms with Gasteiger partial charge in [0.25, 0.3) is 0 Å². The van der Waals surface area contributed by atoms with Crippen LogP contribution in [0.3, 0.4) is 0 Å². The Morgan fingerprint density at radius 2 is 1.76 bits per heavy atom. The van der Waals surface area contributed by atoms with Gasteiger partial charge in [-0.2, -0.15) is 0 Å². The summed E-state index contributed by atoms with van der Waals surface area (Å²) in [6.45, 7) is 2.56. The van der Waals surface area contributed by atoms with E-state index < -0.39 is 5.97 Å². The molecule has 0 atom stereocenters. The van der Waals surface area contributed by atoms with E-state index in [1.165, 1.54) is 0 Å². The summed E-state index contributed by atoms with van der Waals surface area (Å²) in [6.07, 6.45) is 0. The molecule has 1 heterocycles. The average Bonchev–Trinajstić information content (AvgIpc) is 2.64. The molecule has 0 spiro atoms. The van der Waals surface area contributed by atoms with Gasteiger partial charge < -0.3 is 9.47 Å². The largest absolute Gasteiger partial charge is 0.494 e. The highest BCUT2D eigenvalue weighted by atomic mass is 79.9. The number of carbonyl (C=O) groups excluding carboxylic acids is 1. The van der Waals surface area contributed by atoms with E-state index in [2.05, 4.69) is 26.1 Å². The molecule has 126 valence electrons. The van der Waals surface area contributed by atoms with Crippen molar-refractivity contribution < 1.29 is 14.3 Å². The Labute approximate surface area is 153 Å². The Morgan fingerprint density at radius 3 is 2.40 bits per heavy atom. The third kappa shape index (κ3) is 4.22. The van der Waals surface area contributed by atoms with Crippen LogP contribution in [0.1, 0.15) is 17.3 Å². The van der Waals surface area contributed by atoms with E-state index in [0.717, 1.165) is 11.3 Å². The second-order valence-electron chi connectivity index (χ2n) is 5.08. The van der Waals surface area contributed by atoms with Gasteiger partial charge in [0.1, 0.15) is 5.75 Å². The third-order valence-electron chi connectivity index (χ3n) is 3.39. The maximum atomic E-state index is 12.2. The number of rotatable bonds is 5. The number of benzene rings is 2. The van der Waals surface area contributed by atoms with Gasteiger partial charge in [-0.1, -0.05) is 12.1 Å². The maximum absolute atomic E-state index is 12.2. The fourth-order valence-corrected chi connectivity index (χ4v) is 2.64. The van der Waals surface area contributed by atoms with Gasteiger partial charge in [-0.05, 0) is 65.3 Å². The zero-order chi connectivity index (χ0) is 17.6. The molecule has 0 aliphatic carbocycles. The van der Waals surface area contributed by atoms with E-state index in [1.54, 1.807) is 30.3 Å². The Hall–Kier alpha value is -2.73. The number of halogens is 1. The first kappa shape index (κ1) is 17.1. The van der Waals surface area contributed by atoms with Crippen molar-refractivity contribution in [3.05, 3.63) is 70.7 Å². The average molecular weight is 399 g/mol. The molecule has 0 unspecified atom stereocenters. The van der Waals surface area contributed by atoms with Gasteiger partial charge in [0.05, 0.1) is 17.9 Å². The molecule has 6 heteroatoms. The molecular formula is C19H15BrN2O3. The van der Waals surface area contributed by atoms with Gasteiger partial charge in [0.2, 0.25) is 5.88 Å². The Morgan fingerprint density at radius 1 is 1.00 bits per heavy atom. The summed E-state index contributed by atoms with van der Waals surface area (Å²) in [5.74, 6) is 0.462. The topological polar surface area (TPSA) is 61.3 Å². The van der Waals surface area contributed by atoms with Crippen molar-refractivity contribution in [1.82, 2.24) is 10.2 Å². The van der Waals surface area contributed by atoms with Crippen molar-refractivity contribution in [2.75, 3.05) is 6.61 Å². The molecule has 0 amide bonds. The molecule has 25 heavy (non-hydrogen) atoms. The van der Waals surface area contributed by atoms with Gasteiger partial charge in [-0.25, -0.2) is 4.79 Å². The molecule has 0 fully saturated rings. The lowest BCUT2D eigenvalue weighted by Crippen LogP contribution is -2.10. The summed E-state index contributed by atoms with van der Waals surface area (Å²) >= 11 is 3.32. The summed E-state index contributed by atoms with van der Waals surface area (Å²) in [5.41, 5.74) is 2.02. The lowest BCUT2D eigenvalue weighted by molar-refractivity contribution is 0.0725. The molecule has 3 rings (SSSR count). The van der Waals surface area contributed by atoms with Gasteiger partial charge >= 0.3 is 5.97 Å². The number of nitrogens with zero attached hydrogens (tertiary/aromatic N) is 2. The standard InChI is InChI=1S/C19H15BrN2O3/c1-2-24-14-9-7-13(8-10-14)17-11-12-18(22-21-17)25-19(23)15-5-3-4-6-16(15)20/h3-12H,2H2,1H3. The summed E-state index contributed by atoms with van der Waals surface area (Å²) in [7, 11) is 0. The van der Waals surface area contributed by atoms with Crippen LogP contribution in [0.5, 0.6) is 11.6 Å². The van der Waals surface area contributed by atoms with Crippen LogP contribution in [0, 0.1) is 0 Å². The van der Waals surface area contributed by atoms with E-state index >= 15 is 0 Å². The predicted molar refractivity (Wildman–Crippen MR) is 97.7 cm³/mol. The summed E-state index contributed by atoms with van der Waals surface area (Å²) in [6, 6.07) is 18.0. The van der Waals surface area contributed by atoms with E-state index in [4.69, 9.17) is 9.47 Å². The zero-order valence-corrected chi connectivity index (χ0v) is 15.1. The van der Waals surface area contributed by atoms with Crippen molar-refractivity contribution in [3.8, 4) is 22.9 Å². The summed E-state index contributed by atoms with van der Waals surface area (Å²) in [5, 5.41) is 8.08. The molecule has 5 nitrogen and oxygen atoms in total. The van der Waals surface area contributed by atoms with Crippen molar-refractivity contribution in [2.24, 2.45) is 0 Å². The highest BCUT2D eigenvalue weighted by Crippen LogP contribution is 2.22. The van der Waals surface area contributed by atoms with Gasteiger partial charge in [0.15, 0.2) is 0 Å². The smallest absolute Gasteiger partial charge is 0.346 e. The van der Waals surface area contributed by atoms with Gasteiger partial charge in [-0.3, -0.25) is 0 Å². The first-order valence-electron chi connectivity index (χ1n) is 7.71. The van der Waals surface area contributed by atoms with Crippen molar-refractivity contribution in [2.45, 2.75) is 6.92 Å². The van der Waals surface area contributed by atoms with Crippen LogP contribution in [0.25, 0.3) is 11.3 Å². The van der Waals surface area contributed by atoms with Crippen LogP contribution >= 0.6 is 15.9 Å². The molecule has 0 bridgehead atoms. The SMILES string of the molecule is CCOc1ccc(-c2ccc(OC(=O)c3ccccc3Br)nn2)cc1. The molecule has 3 aromatic rings. The quantitative estimate of drug-likeness (QED) is 0.591. The highest BCUT2D eigenvalue weighted by molar-refractivity contribution is 9.10. The fraction of sp³-hybridized carbons (Fsp3) is 0.105. The van der Waals surface area contributed by atoms with Crippen LogP contribution in [-0.4, -0.2) is 22.8 Å². The second kappa shape index (κ2) is 7.90. The van der Waals surface area contributed by atoms with Crippen LogP contribution in [0.4, 0.5) is 0 Å². The lowest BCUT2D eigenvalue weighted by Gasteiger charge is -2.06. The van der Waals surface area contributed by atoms with Crippen LogP contribution in [0.15, 0.2) is 65.1 Å². The first-order chi connectivity index (χ1) is 12.2. The molecule has 0 radical (unpaired) electrons. The zero-order valence-electron chi connectivity index (χ0n) is 13.5. The van der Waals surface area contributed by atoms with Crippen LogP contribution in [0.2, 0.25) is 0 Å². The monoisotopic (exact) mass is 398 g/mol. The Kier molecular flexibility index (Phi) is 5.40. The number of hydrogen-bond donors (Lipinski definition) is 0. The Bertz CT molecular complexity index is 865. The van der Waals surface area contributed by atoms with Crippen LogP contribution in [-0.2, 0) is 0 Å². The molecular weight excluding hydrogens is 384 g/mol. The first-order valence-corrected chi connectivity index (χ1v) is 8.50. The summed E-state index contributed by atoms with van der Waals surface area (Å²) < 4.78 is 11.3. The minimum Gasteiger partial charge on any atom is -0.494 e. The number of aromatic nitrogens is 2. The second-order valence-corrected chi connectivity index (χ2v) is 5.94. The minimum atomic E-state index is -0.490. The van der Waals surface area contributed by atoms with E-state index in [1.807, 2.05) is 37.3 Å². The molecule has 1 aromatic heterocycles. The maximum Gasteiger partial charge on any atom is 0.346 e. The fourth-order valence-electron chi connectivity index (χ4n) is 2.19. The van der Waals surface area contributed by atoms with Crippen molar-refractivity contribution >= 4 is 21.9 Å². The van der Waals surface area contributed by atoms with E-state index in [9.17, 15) is 4.79 Å². The molecule has 0 saturated heterocycles. The van der Waals surface area contributed by atoms with Gasteiger partial charge in [0, 0.05) is 16.1 Å². The third-order valence-corrected chi connectivity index (χ3v) is 4.08. The number of ether oxygens (including phenoxy) is 2. The van der Waals surface area contributed by atoms with Crippen LogP contribution < -0.4 is 9.47 Å². The number of esters is 1.